The summed E-state index contributed by atoms with van der Waals surface area (Å²) in [6.07, 6.45) is 0.967. The number of ether oxygens (including phenoxy) is 1. The number of hydrogen-bond donors (Lipinski definition) is 1. The zero-order valence-corrected chi connectivity index (χ0v) is 8.26. The van der Waals surface area contributed by atoms with Gasteiger partial charge < -0.3 is 10.1 Å². The highest BCUT2D eigenvalue weighted by atomic mass is 127. The van der Waals surface area contributed by atoms with Crippen molar-refractivity contribution < 1.29 is 9.53 Å². The number of nitrogens with one attached hydrogen (secondary N) is 1. The Balaban J connectivity index is 2.05. The van der Waals surface area contributed by atoms with Crippen LogP contribution >= 0.6 is 22.6 Å². The van der Waals surface area contributed by atoms with Gasteiger partial charge in [0.05, 0.1) is 18.8 Å². The molecule has 2 rings (SSSR count). The predicted molar refractivity (Wildman–Crippen MR) is 48.7 cm³/mol. The molecule has 2 heterocycles. The van der Waals surface area contributed by atoms with Crippen molar-refractivity contribution >= 4 is 28.5 Å². The molecule has 0 aromatic heterocycles. The van der Waals surface area contributed by atoms with Crippen LogP contribution in [0.5, 0.6) is 0 Å². The second-order valence-electron chi connectivity index (χ2n) is 3.32. The lowest BCUT2D eigenvalue weighted by Crippen LogP contribution is -2.57. The highest BCUT2D eigenvalue weighted by Gasteiger charge is 2.48. The first-order chi connectivity index (χ1) is 5.26. The van der Waals surface area contributed by atoms with E-state index >= 15 is 0 Å². The predicted octanol–water partition coefficient (Wildman–Crippen LogP) is 0.326. The fourth-order valence-corrected chi connectivity index (χ4v) is 2.35. The van der Waals surface area contributed by atoms with Crippen LogP contribution in [0, 0.1) is 5.92 Å². The Bertz CT molecular complexity index is 191. The Labute approximate surface area is 79.0 Å². The monoisotopic (exact) mass is 267 g/mol. The molecule has 0 aromatic rings. The van der Waals surface area contributed by atoms with Gasteiger partial charge in [-0.25, -0.2) is 0 Å². The van der Waals surface area contributed by atoms with Crippen LogP contribution in [0.4, 0.5) is 0 Å². The molecule has 4 heteroatoms. The lowest BCUT2D eigenvalue weighted by atomic mass is 9.92. The minimum absolute atomic E-state index is 0.0346. The molecule has 0 aromatic carbocycles. The van der Waals surface area contributed by atoms with Gasteiger partial charge in [-0.05, 0) is 6.42 Å². The third-order valence-electron chi connectivity index (χ3n) is 2.34. The molecule has 2 aliphatic heterocycles. The van der Waals surface area contributed by atoms with E-state index in [0.717, 1.165) is 10.8 Å². The fourth-order valence-electron chi connectivity index (χ4n) is 1.64. The number of carbonyl (C=O) groups is 1. The van der Waals surface area contributed by atoms with E-state index in [-0.39, 0.29) is 17.4 Å². The molecule has 1 atom stereocenters. The van der Waals surface area contributed by atoms with E-state index in [4.69, 9.17) is 4.74 Å². The maximum Gasteiger partial charge on any atom is 0.224 e. The molecule has 0 saturated carbocycles. The maximum atomic E-state index is 11.2. The van der Waals surface area contributed by atoms with Gasteiger partial charge in [-0.1, -0.05) is 22.6 Å². The summed E-state index contributed by atoms with van der Waals surface area (Å²) in [7, 11) is 0. The molecule has 0 radical (unpaired) electrons. The van der Waals surface area contributed by atoms with Gasteiger partial charge in [-0.15, -0.1) is 0 Å². The van der Waals surface area contributed by atoms with E-state index in [1.807, 2.05) is 0 Å². The SMILES string of the molecule is O=C1NC2(COC2)CC1CI. The van der Waals surface area contributed by atoms with E-state index in [1.165, 1.54) is 0 Å². The van der Waals surface area contributed by atoms with Crippen molar-refractivity contribution in [2.24, 2.45) is 5.92 Å². The Morgan fingerprint density at radius 2 is 2.45 bits per heavy atom. The zero-order valence-electron chi connectivity index (χ0n) is 6.10. The van der Waals surface area contributed by atoms with Crippen molar-refractivity contribution in [1.29, 1.82) is 0 Å². The molecular weight excluding hydrogens is 257 g/mol. The molecule has 0 bridgehead atoms. The first-order valence-corrected chi connectivity index (χ1v) is 5.24. The summed E-state index contributed by atoms with van der Waals surface area (Å²) in [5.41, 5.74) is 0.0346. The Morgan fingerprint density at radius 3 is 2.73 bits per heavy atom. The van der Waals surface area contributed by atoms with Crippen molar-refractivity contribution in [3.05, 3.63) is 0 Å². The number of hydrogen-bond acceptors (Lipinski definition) is 2. The van der Waals surface area contributed by atoms with Gasteiger partial charge in [0.1, 0.15) is 0 Å². The van der Waals surface area contributed by atoms with Crippen LogP contribution in [0.1, 0.15) is 6.42 Å². The van der Waals surface area contributed by atoms with Gasteiger partial charge in [-0.3, -0.25) is 4.79 Å². The van der Waals surface area contributed by atoms with Crippen molar-refractivity contribution in [3.63, 3.8) is 0 Å². The molecule has 11 heavy (non-hydrogen) atoms. The van der Waals surface area contributed by atoms with Crippen molar-refractivity contribution in [3.8, 4) is 0 Å². The van der Waals surface area contributed by atoms with Gasteiger partial charge in [-0.2, -0.15) is 0 Å². The highest BCUT2D eigenvalue weighted by Crippen LogP contribution is 2.32. The molecule has 2 fully saturated rings. The minimum atomic E-state index is 0.0346. The quantitative estimate of drug-likeness (QED) is 0.549. The third-order valence-corrected chi connectivity index (χ3v) is 3.40. The number of halogens is 1. The van der Waals surface area contributed by atoms with E-state index in [9.17, 15) is 4.79 Å². The minimum Gasteiger partial charge on any atom is -0.376 e. The maximum absolute atomic E-state index is 11.2. The average Bonchev–Trinajstić information content (AvgIpc) is 2.26. The molecule has 1 amide bonds. The van der Waals surface area contributed by atoms with Crippen LogP contribution < -0.4 is 5.32 Å². The lowest BCUT2D eigenvalue weighted by Gasteiger charge is -2.37. The van der Waals surface area contributed by atoms with Crippen LogP contribution in [0.15, 0.2) is 0 Å². The third kappa shape index (κ3) is 1.16. The van der Waals surface area contributed by atoms with E-state index in [2.05, 4.69) is 27.9 Å². The summed E-state index contributed by atoms with van der Waals surface area (Å²) in [5, 5.41) is 3.00. The van der Waals surface area contributed by atoms with Gasteiger partial charge in [0.25, 0.3) is 0 Å². The van der Waals surface area contributed by atoms with Crippen LogP contribution in [-0.2, 0) is 9.53 Å². The summed E-state index contributed by atoms with van der Waals surface area (Å²) in [6.45, 7) is 1.43. The lowest BCUT2D eigenvalue weighted by molar-refractivity contribution is -0.125. The summed E-state index contributed by atoms with van der Waals surface area (Å²) >= 11 is 2.26. The molecule has 62 valence electrons. The number of alkyl halides is 1. The smallest absolute Gasteiger partial charge is 0.224 e. The molecular formula is C7H10INO2. The Kier molecular flexibility index (Phi) is 1.83. The van der Waals surface area contributed by atoms with Crippen LogP contribution in [0.3, 0.4) is 0 Å². The van der Waals surface area contributed by atoms with Crippen molar-refractivity contribution in [1.82, 2.24) is 5.32 Å². The summed E-state index contributed by atoms with van der Waals surface area (Å²) in [6, 6.07) is 0. The van der Waals surface area contributed by atoms with Crippen LogP contribution in [-0.4, -0.2) is 29.1 Å². The molecule has 1 spiro atoms. The van der Waals surface area contributed by atoms with Crippen molar-refractivity contribution in [2.45, 2.75) is 12.0 Å². The van der Waals surface area contributed by atoms with Gasteiger partial charge in [0.15, 0.2) is 0 Å². The molecule has 2 aliphatic rings. The average molecular weight is 267 g/mol. The van der Waals surface area contributed by atoms with E-state index in [1.54, 1.807) is 0 Å². The normalized spacial score (nSPS) is 33.5. The second-order valence-corrected chi connectivity index (χ2v) is 4.20. The summed E-state index contributed by atoms with van der Waals surface area (Å²) in [5.74, 6) is 0.433. The van der Waals surface area contributed by atoms with Crippen molar-refractivity contribution in [2.75, 3.05) is 17.6 Å². The Morgan fingerprint density at radius 1 is 1.73 bits per heavy atom. The topological polar surface area (TPSA) is 38.3 Å². The van der Waals surface area contributed by atoms with Gasteiger partial charge >= 0.3 is 0 Å². The van der Waals surface area contributed by atoms with E-state index < -0.39 is 0 Å². The van der Waals surface area contributed by atoms with Gasteiger partial charge in [0, 0.05) is 10.3 Å². The van der Waals surface area contributed by atoms with E-state index in [0.29, 0.717) is 13.2 Å². The number of amides is 1. The Hall–Kier alpha value is 0.160. The number of carbonyl (C=O) groups excluding carboxylic acids is 1. The fraction of sp³-hybridized carbons (Fsp3) is 0.857. The molecule has 2 saturated heterocycles. The highest BCUT2D eigenvalue weighted by molar-refractivity contribution is 14.1. The standard InChI is InChI=1S/C7H10INO2/c8-2-5-1-7(3-11-4-7)9-6(5)10/h5H,1-4H2,(H,9,10). The zero-order chi connectivity index (χ0) is 7.90. The molecule has 3 nitrogen and oxygen atoms in total. The second kappa shape index (κ2) is 2.58. The first-order valence-electron chi connectivity index (χ1n) is 3.71. The van der Waals surface area contributed by atoms with Gasteiger partial charge in [0.2, 0.25) is 5.91 Å². The first kappa shape index (κ1) is 7.79. The van der Waals surface area contributed by atoms with Crippen LogP contribution in [0.25, 0.3) is 0 Å². The molecule has 1 N–H and O–H groups in total. The molecule has 1 unspecified atom stereocenters. The largest absolute Gasteiger partial charge is 0.376 e. The summed E-state index contributed by atoms with van der Waals surface area (Å²) in [4.78, 5) is 11.2. The summed E-state index contributed by atoms with van der Waals surface area (Å²) < 4.78 is 6.01. The number of rotatable bonds is 1. The molecule has 0 aliphatic carbocycles. The van der Waals surface area contributed by atoms with Crippen LogP contribution in [0.2, 0.25) is 0 Å².